The van der Waals surface area contributed by atoms with Gasteiger partial charge in [0, 0.05) is 19.6 Å². The number of ether oxygens (including phenoxy) is 1. The first-order valence-corrected chi connectivity index (χ1v) is 6.11. The fourth-order valence-corrected chi connectivity index (χ4v) is 2.06. The Bertz CT molecular complexity index is 304. The van der Waals surface area contributed by atoms with Gasteiger partial charge in [-0.3, -0.25) is 0 Å². The number of hydrogen-bond acceptors (Lipinski definition) is 1. The molecule has 1 nitrogen and oxygen atoms in total. The summed E-state index contributed by atoms with van der Waals surface area (Å²) < 4.78 is 18.0. The van der Waals surface area contributed by atoms with E-state index >= 15 is 0 Å². The summed E-state index contributed by atoms with van der Waals surface area (Å²) >= 11 is 5.91. The van der Waals surface area contributed by atoms with Gasteiger partial charge in [0.2, 0.25) is 0 Å². The van der Waals surface area contributed by atoms with Gasteiger partial charge >= 0.3 is 0 Å². The summed E-state index contributed by atoms with van der Waals surface area (Å²) in [5.74, 6) is 0.593. The van der Waals surface area contributed by atoms with Crippen LogP contribution < -0.4 is 0 Å². The number of halogens is 2. The van der Waals surface area contributed by atoms with Crippen molar-refractivity contribution >= 4 is 11.6 Å². The van der Waals surface area contributed by atoms with E-state index in [1.165, 1.54) is 6.07 Å². The Kier molecular flexibility index (Phi) is 6.43. The van der Waals surface area contributed by atoms with E-state index in [9.17, 15) is 4.39 Å². The number of alkyl halides is 1. The maximum absolute atomic E-state index is 13.0. The van der Waals surface area contributed by atoms with Gasteiger partial charge in [0.05, 0.1) is 0 Å². The van der Waals surface area contributed by atoms with E-state index in [0.717, 1.165) is 31.4 Å². The lowest BCUT2D eigenvalue weighted by atomic mass is 9.95. The van der Waals surface area contributed by atoms with Crippen LogP contribution in [-0.4, -0.2) is 19.6 Å². The molecule has 16 heavy (non-hydrogen) atoms. The molecule has 0 saturated heterocycles. The Labute approximate surface area is 102 Å². The summed E-state index contributed by atoms with van der Waals surface area (Å²) in [6, 6.07) is 6.70. The molecule has 1 atom stereocenters. The highest BCUT2D eigenvalue weighted by Gasteiger charge is 2.10. The van der Waals surface area contributed by atoms with Crippen LogP contribution in [0.15, 0.2) is 24.3 Å². The van der Waals surface area contributed by atoms with Gasteiger partial charge in [0.15, 0.2) is 0 Å². The lowest BCUT2D eigenvalue weighted by Crippen LogP contribution is -2.02. The zero-order valence-electron chi connectivity index (χ0n) is 9.59. The summed E-state index contributed by atoms with van der Waals surface area (Å²) in [5.41, 5.74) is 0.993. The summed E-state index contributed by atoms with van der Waals surface area (Å²) in [6.45, 7) is 0.776. The van der Waals surface area contributed by atoms with Crippen molar-refractivity contribution in [3.05, 3.63) is 35.6 Å². The highest BCUT2D eigenvalue weighted by molar-refractivity contribution is 6.18. The minimum Gasteiger partial charge on any atom is -0.385 e. The van der Waals surface area contributed by atoms with E-state index in [2.05, 4.69) is 0 Å². The van der Waals surface area contributed by atoms with Crippen molar-refractivity contribution in [3.63, 3.8) is 0 Å². The summed E-state index contributed by atoms with van der Waals surface area (Å²) in [4.78, 5) is 0. The van der Waals surface area contributed by atoms with Crippen molar-refractivity contribution in [3.8, 4) is 0 Å². The van der Waals surface area contributed by atoms with E-state index in [1.54, 1.807) is 19.2 Å². The highest BCUT2D eigenvalue weighted by Crippen LogP contribution is 2.24. The number of hydrogen-bond donors (Lipinski definition) is 0. The van der Waals surface area contributed by atoms with E-state index < -0.39 is 0 Å². The topological polar surface area (TPSA) is 9.23 Å². The molecule has 1 aromatic rings. The molecular formula is C13H18ClFO. The standard InChI is InChI=1S/C13H18ClFO/c1-16-8-3-2-5-12(10-14)11-6-4-7-13(15)9-11/h4,6-7,9,12H,2-3,5,8,10H2,1H3. The normalized spacial score (nSPS) is 12.7. The second-order valence-electron chi connectivity index (χ2n) is 3.89. The molecule has 0 heterocycles. The minimum atomic E-state index is -0.190. The van der Waals surface area contributed by atoms with Gasteiger partial charge in [0.25, 0.3) is 0 Å². The Balaban J connectivity index is 2.47. The third-order valence-electron chi connectivity index (χ3n) is 2.66. The Morgan fingerprint density at radius 3 is 2.81 bits per heavy atom. The first-order chi connectivity index (χ1) is 7.77. The van der Waals surface area contributed by atoms with Gasteiger partial charge in [0.1, 0.15) is 5.82 Å². The van der Waals surface area contributed by atoms with Crippen LogP contribution in [0, 0.1) is 5.82 Å². The SMILES string of the molecule is COCCCCC(CCl)c1cccc(F)c1. The highest BCUT2D eigenvalue weighted by atomic mass is 35.5. The van der Waals surface area contributed by atoms with Crippen molar-refractivity contribution < 1.29 is 9.13 Å². The van der Waals surface area contributed by atoms with Crippen LogP contribution in [0.5, 0.6) is 0 Å². The molecule has 0 aliphatic heterocycles. The molecule has 1 unspecified atom stereocenters. The Morgan fingerprint density at radius 2 is 2.19 bits per heavy atom. The molecule has 3 heteroatoms. The molecule has 0 spiro atoms. The fraction of sp³-hybridized carbons (Fsp3) is 0.538. The lowest BCUT2D eigenvalue weighted by Gasteiger charge is -2.14. The zero-order chi connectivity index (χ0) is 11.8. The third-order valence-corrected chi connectivity index (χ3v) is 3.03. The second kappa shape index (κ2) is 7.64. The first-order valence-electron chi connectivity index (χ1n) is 5.58. The minimum absolute atomic E-state index is 0.190. The average molecular weight is 245 g/mol. The van der Waals surface area contributed by atoms with E-state index in [-0.39, 0.29) is 11.7 Å². The van der Waals surface area contributed by atoms with Crippen molar-refractivity contribution in [2.75, 3.05) is 19.6 Å². The molecule has 0 saturated carbocycles. The molecule has 90 valence electrons. The quantitative estimate of drug-likeness (QED) is 0.521. The number of rotatable bonds is 7. The van der Waals surface area contributed by atoms with Crippen LogP contribution in [0.3, 0.4) is 0 Å². The zero-order valence-corrected chi connectivity index (χ0v) is 10.3. The van der Waals surface area contributed by atoms with E-state index in [4.69, 9.17) is 16.3 Å². The number of methoxy groups -OCH3 is 1. The van der Waals surface area contributed by atoms with Gasteiger partial charge < -0.3 is 4.74 Å². The fourth-order valence-electron chi connectivity index (χ4n) is 1.73. The van der Waals surface area contributed by atoms with Crippen LogP contribution in [0.25, 0.3) is 0 Å². The Morgan fingerprint density at radius 1 is 1.38 bits per heavy atom. The largest absolute Gasteiger partial charge is 0.385 e. The molecular weight excluding hydrogens is 227 g/mol. The van der Waals surface area contributed by atoms with Crippen LogP contribution in [0.1, 0.15) is 30.7 Å². The van der Waals surface area contributed by atoms with Gasteiger partial charge in [-0.05, 0) is 36.5 Å². The Hall–Kier alpha value is -0.600. The molecule has 0 aliphatic carbocycles. The maximum Gasteiger partial charge on any atom is 0.123 e. The van der Waals surface area contributed by atoms with Crippen molar-refractivity contribution in [1.82, 2.24) is 0 Å². The van der Waals surface area contributed by atoms with Crippen LogP contribution in [0.2, 0.25) is 0 Å². The van der Waals surface area contributed by atoms with E-state index in [1.807, 2.05) is 6.07 Å². The molecule has 0 radical (unpaired) electrons. The van der Waals surface area contributed by atoms with Gasteiger partial charge in [-0.1, -0.05) is 18.6 Å². The predicted molar refractivity (Wildman–Crippen MR) is 65.6 cm³/mol. The monoisotopic (exact) mass is 244 g/mol. The average Bonchev–Trinajstić information content (AvgIpc) is 2.29. The van der Waals surface area contributed by atoms with Crippen molar-refractivity contribution in [2.45, 2.75) is 25.2 Å². The molecule has 0 aromatic heterocycles. The third kappa shape index (κ3) is 4.50. The second-order valence-corrected chi connectivity index (χ2v) is 4.20. The molecule has 0 aliphatic rings. The molecule has 0 amide bonds. The summed E-state index contributed by atoms with van der Waals surface area (Å²) in [6.07, 6.45) is 3.07. The van der Waals surface area contributed by atoms with Crippen LogP contribution in [0.4, 0.5) is 4.39 Å². The smallest absolute Gasteiger partial charge is 0.123 e. The molecule has 1 rings (SSSR count). The summed E-state index contributed by atoms with van der Waals surface area (Å²) in [5, 5.41) is 0. The summed E-state index contributed by atoms with van der Waals surface area (Å²) in [7, 11) is 1.70. The van der Waals surface area contributed by atoms with Crippen molar-refractivity contribution in [1.29, 1.82) is 0 Å². The van der Waals surface area contributed by atoms with Crippen LogP contribution >= 0.6 is 11.6 Å². The first kappa shape index (κ1) is 13.5. The van der Waals surface area contributed by atoms with Gasteiger partial charge in [-0.25, -0.2) is 4.39 Å². The maximum atomic E-state index is 13.0. The molecule has 0 fully saturated rings. The van der Waals surface area contributed by atoms with Crippen LogP contribution in [-0.2, 0) is 4.74 Å². The number of benzene rings is 1. The van der Waals surface area contributed by atoms with Gasteiger partial charge in [-0.2, -0.15) is 0 Å². The van der Waals surface area contributed by atoms with Gasteiger partial charge in [-0.15, -0.1) is 11.6 Å². The molecule has 0 N–H and O–H groups in total. The lowest BCUT2D eigenvalue weighted by molar-refractivity contribution is 0.191. The number of unbranched alkanes of at least 4 members (excludes halogenated alkanes) is 1. The molecule has 0 bridgehead atoms. The van der Waals surface area contributed by atoms with E-state index in [0.29, 0.717) is 5.88 Å². The van der Waals surface area contributed by atoms with Crippen molar-refractivity contribution in [2.24, 2.45) is 0 Å². The molecule has 1 aromatic carbocycles. The predicted octanol–water partition coefficient (Wildman–Crippen LogP) is 3.96.